The Kier molecular flexibility index (Phi) is 5.37. The Morgan fingerprint density at radius 2 is 2.26 bits per heavy atom. The van der Waals surface area contributed by atoms with Crippen molar-refractivity contribution < 1.29 is 0 Å². The van der Waals surface area contributed by atoms with Gasteiger partial charge in [0.2, 0.25) is 0 Å². The number of nitrogens with one attached hydrogen (secondary N) is 1. The summed E-state index contributed by atoms with van der Waals surface area (Å²) < 4.78 is 1.05. The van der Waals surface area contributed by atoms with Gasteiger partial charge >= 0.3 is 0 Å². The van der Waals surface area contributed by atoms with E-state index in [9.17, 15) is 0 Å². The van der Waals surface area contributed by atoms with Gasteiger partial charge < -0.3 is 5.32 Å². The fraction of sp³-hybridized carbons (Fsp3) is 0.667. The van der Waals surface area contributed by atoms with Gasteiger partial charge in [-0.1, -0.05) is 20.8 Å². The molecule has 1 aliphatic rings. The quantitative estimate of drug-likeness (QED) is 0.922. The van der Waals surface area contributed by atoms with Crippen LogP contribution in [0.15, 0.2) is 22.8 Å². The first-order chi connectivity index (χ1) is 9.10. The van der Waals surface area contributed by atoms with E-state index in [1.807, 2.05) is 6.20 Å². The summed E-state index contributed by atoms with van der Waals surface area (Å²) in [7, 11) is 0. The lowest BCUT2D eigenvalue weighted by molar-refractivity contribution is 0.102. The molecule has 0 amide bonds. The molecule has 1 aromatic rings. The first-order valence-corrected chi connectivity index (χ1v) is 7.97. The molecule has 1 saturated heterocycles. The molecule has 0 spiro atoms. The van der Waals surface area contributed by atoms with Crippen LogP contribution in [0.5, 0.6) is 0 Å². The molecule has 1 aliphatic heterocycles. The van der Waals surface area contributed by atoms with Crippen LogP contribution in [0.25, 0.3) is 0 Å². The van der Waals surface area contributed by atoms with Crippen LogP contribution in [0, 0.1) is 5.92 Å². The topological polar surface area (TPSA) is 28.2 Å². The second kappa shape index (κ2) is 6.82. The summed E-state index contributed by atoms with van der Waals surface area (Å²) in [5.41, 5.74) is 1.16. The zero-order chi connectivity index (χ0) is 13.8. The largest absolute Gasteiger partial charge is 0.311 e. The summed E-state index contributed by atoms with van der Waals surface area (Å²) in [6.45, 7) is 10.0. The van der Waals surface area contributed by atoms with E-state index in [0.29, 0.717) is 18.0 Å². The van der Waals surface area contributed by atoms with Crippen LogP contribution in [0.4, 0.5) is 0 Å². The van der Waals surface area contributed by atoms with Crippen molar-refractivity contribution in [2.75, 3.05) is 13.1 Å². The lowest BCUT2D eigenvalue weighted by Gasteiger charge is -2.41. The predicted molar refractivity (Wildman–Crippen MR) is 83.1 cm³/mol. The fourth-order valence-electron chi connectivity index (χ4n) is 2.63. The molecule has 0 saturated carbocycles. The maximum absolute atomic E-state index is 4.50. The molecular weight excluding hydrogens is 302 g/mol. The smallest absolute Gasteiger partial charge is 0.0544 e. The van der Waals surface area contributed by atoms with Gasteiger partial charge in [0.15, 0.2) is 0 Å². The summed E-state index contributed by atoms with van der Waals surface area (Å²) in [4.78, 5) is 7.08. The molecule has 2 atom stereocenters. The van der Waals surface area contributed by atoms with Crippen molar-refractivity contribution in [3.8, 4) is 0 Å². The molecule has 3 nitrogen and oxygen atoms in total. The molecule has 0 aliphatic carbocycles. The van der Waals surface area contributed by atoms with Crippen LogP contribution in [0.3, 0.4) is 0 Å². The van der Waals surface area contributed by atoms with Crippen LogP contribution in [-0.2, 0) is 6.54 Å². The van der Waals surface area contributed by atoms with Gasteiger partial charge in [-0.05, 0) is 40.4 Å². The predicted octanol–water partition coefficient (Wildman–Crippen LogP) is 3.05. The molecule has 19 heavy (non-hydrogen) atoms. The van der Waals surface area contributed by atoms with Gasteiger partial charge in [0.05, 0.1) is 5.69 Å². The summed E-state index contributed by atoms with van der Waals surface area (Å²) >= 11 is 3.44. The Morgan fingerprint density at radius 1 is 1.47 bits per heavy atom. The molecule has 1 aromatic heterocycles. The molecule has 2 rings (SSSR count). The van der Waals surface area contributed by atoms with Crippen molar-refractivity contribution in [1.82, 2.24) is 15.2 Å². The zero-order valence-corrected chi connectivity index (χ0v) is 13.7. The highest BCUT2D eigenvalue weighted by molar-refractivity contribution is 9.10. The zero-order valence-electron chi connectivity index (χ0n) is 12.1. The van der Waals surface area contributed by atoms with Crippen molar-refractivity contribution in [3.05, 3.63) is 28.5 Å². The van der Waals surface area contributed by atoms with Crippen molar-refractivity contribution in [1.29, 1.82) is 0 Å². The Balaban J connectivity index is 2.03. The number of hydrogen-bond acceptors (Lipinski definition) is 3. The number of hydrogen-bond donors (Lipinski definition) is 1. The Labute approximate surface area is 124 Å². The van der Waals surface area contributed by atoms with E-state index in [0.717, 1.165) is 29.8 Å². The molecule has 0 aromatic carbocycles. The van der Waals surface area contributed by atoms with Crippen LogP contribution >= 0.6 is 15.9 Å². The molecule has 0 radical (unpaired) electrons. The van der Waals surface area contributed by atoms with E-state index < -0.39 is 0 Å². The van der Waals surface area contributed by atoms with Crippen molar-refractivity contribution in [2.24, 2.45) is 5.92 Å². The lowest BCUT2D eigenvalue weighted by Crippen LogP contribution is -2.57. The molecular formula is C15H24BrN3. The van der Waals surface area contributed by atoms with Crippen LogP contribution in [0.2, 0.25) is 0 Å². The normalized spacial score (nSPS) is 24.9. The van der Waals surface area contributed by atoms with Gasteiger partial charge in [0.1, 0.15) is 0 Å². The van der Waals surface area contributed by atoms with E-state index >= 15 is 0 Å². The minimum Gasteiger partial charge on any atom is -0.311 e. The van der Waals surface area contributed by atoms with Crippen molar-refractivity contribution in [3.63, 3.8) is 0 Å². The van der Waals surface area contributed by atoms with Gasteiger partial charge in [-0.15, -0.1) is 0 Å². The number of piperazine rings is 1. The maximum atomic E-state index is 4.50. The van der Waals surface area contributed by atoms with Gasteiger partial charge in [-0.2, -0.15) is 0 Å². The average Bonchev–Trinajstić information content (AvgIpc) is 2.41. The average molecular weight is 326 g/mol. The van der Waals surface area contributed by atoms with Crippen LogP contribution in [-0.4, -0.2) is 35.1 Å². The van der Waals surface area contributed by atoms with Crippen molar-refractivity contribution >= 4 is 15.9 Å². The van der Waals surface area contributed by atoms with Gasteiger partial charge in [0, 0.05) is 42.4 Å². The van der Waals surface area contributed by atoms with E-state index in [1.165, 1.54) is 6.42 Å². The Bertz CT molecular complexity index is 391. The molecule has 106 valence electrons. The van der Waals surface area contributed by atoms with E-state index in [1.54, 1.807) is 0 Å². The first-order valence-electron chi connectivity index (χ1n) is 7.18. The maximum Gasteiger partial charge on any atom is 0.0544 e. The lowest BCUT2D eigenvalue weighted by atomic mass is 9.98. The van der Waals surface area contributed by atoms with Gasteiger partial charge in [-0.25, -0.2) is 0 Å². The minimum atomic E-state index is 0.596. The summed E-state index contributed by atoms with van der Waals surface area (Å²) in [5.74, 6) is 0.679. The highest BCUT2D eigenvalue weighted by Gasteiger charge is 2.28. The summed E-state index contributed by atoms with van der Waals surface area (Å²) in [5, 5.41) is 3.67. The van der Waals surface area contributed by atoms with Crippen molar-refractivity contribution in [2.45, 2.75) is 45.8 Å². The Hall–Kier alpha value is -0.450. The summed E-state index contributed by atoms with van der Waals surface area (Å²) in [6.07, 6.45) is 3.08. The van der Waals surface area contributed by atoms with Crippen LogP contribution < -0.4 is 5.32 Å². The number of rotatable bonds is 4. The van der Waals surface area contributed by atoms with Gasteiger partial charge in [0.25, 0.3) is 0 Å². The monoisotopic (exact) mass is 325 g/mol. The highest BCUT2D eigenvalue weighted by atomic mass is 79.9. The second-order valence-electron chi connectivity index (χ2n) is 5.72. The standard InChI is InChI=1S/C15H24BrN3/c1-4-14-8-18-15(11(2)3)10-19(14)9-13-6-5-12(16)7-17-13/h5-7,11,14-15,18H,4,8-10H2,1-3H3. The third-order valence-electron chi connectivity index (χ3n) is 3.99. The summed E-state index contributed by atoms with van der Waals surface area (Å²) in [6, 6.07) is 5.41. The highest BCUT2D eigenvalue weighted by Crippen LogP contribution is 2.18. The second-order valence-corrected chi connectivity index (χ2v) is 6.63. The number of halogens is 1. The number of pyridine rings is 1. The third-order valence-corrected chi connectivity index (χ3v) is 4.46. The molecule has 4 heteroatoms. The molecule has 2 unspecified atom stereocenters. The van der Waals surface area contributed by atoms with E-state index in [4.69, 9.17) is 0 Å². The number of aromatic nitrogens is 1. The van der Waals surface area contributed by atoms with Gasteiger partial charge in [-0.3, -0.25) is 9.88 Å². The fourth-order valence-corrected chi connectivity index (χ4v) is 2.87. The first kappa shape index (κ1) is 14.9. The molecule has 0 bridgehead atoms. The SMILES string of the molecule is CCC1CNC(C(C)C)CN1Cc1ccc(Br)cn1. The van der Waals surface area contributed by atoms with E-state index in [2.05, 4.69) is 64.0 Å². The third kappa shape index (κ3) is 4.01. The molecule has 1 fully saturated rings. The van der Waals surface area contributed by atoms with Crippen LogP contribution in [0.1, 0.15) is 32.9 Å². The van der Waals surface area contributed by atoms with E-state index in [-0.39, 0.29) is 0 Å². The molecule has 1 N–H and O–H groups in total. The number of nitrogens with zero attached hydrogens (tertiary/aromatic N) is 2. The minimum absolute atomic E-state index is 0.596. The Morgan fingerprint density at radius 3 is 2.84 bits per heavy atom. The molecule has 2 heterocycles.